The lowest BCUT2D eigenvalue weighted by molar-refractivity contribution is 0.216. The Kier molecular flexibility index (Phi) is 5.59. The van der Waals surface area contributed by atoms with Crippen LogP contribution in [0.2, 0.25) is 5.02 Å². The lowest BCUT2D eigenvalue weighted by Gasteiger charge is -2.39. The van der Waals surface area contributed by atoms with E-state index in [1.807, 2.05) is 12.1 Å². The SMILES string of the molecule is CC1CCC(CCl)(NCc2ccc(Br)cc2Cl)CC1. The molecule has 1 nitrogen and oxygen atoms in total. The highest BCUT2D eigenvalue weighted by Gasteiger charge is 2.32. The zero-order valence-corrected chi connectivity index (χ0v) is 14.3. The van der Waals surface area contributed by atoms with E-state index in [1.165, 1.54) is 12.8 Å². The summed E-state index contributed by atoms with van der Waals surface area (Å²) in [6, 6.07) is 6.03. The van der Waals surface area contributed by atoms with Crippen LogP contribution in [0.4, 0.5) is 0 Å². The third-order valence-electron chi connectivity index (χ3n) is 4.16. The molecule has 0 radical (unpaired) electrons. The molecule has 1 aromatic carbocycles. The Balaban J connectivity index is 2.00. The second-order valence-electron chi connectivity index (χ2n) is 5.69. The summed E-state index contributed by atoms with van der Waals surface area (Å²) < 4.78 is 1.01. The van der Waals surface area contributed by atoms with Gasteiger partial charge in [-0.3, -0.25) is 0 Å². The summed E-state index contributed by atoms with van der Waals surface area (Å²) in [6.07, 6.45) is 4.83. The molecule has 1 N–H and O–H groups in total. The third-order valence-corrected chi connectivity index (χ3v) is 5.51. The summed E-state index contributed by atoms with van der Waals surface area (Å²) >= 11 is 15.9. The predicted molar refractivity (Wildman–Crippen MR) is 87.1 cm³/mol. The molecule has 106 valence electrons. The van der Waals surface area contributed by atoms with Gasteiger partial charge in [-0.2, -0.15) is 0 Å². The second kappa shape index (κ2) is 6.80. The van der Waals surface area contributed by atoms with E-state index in [1.54, 1.807) is 0 Å². The van der Waals surface area contributed by atoms with Crippen molar-refractivity contribution in [3.63, 3.8) is 0 Å². The Morgan fingerprint density at radius 2 is 2.05 bits per heavy atom. The molecule has 19 heavy (non-hydrogen) atoms. The molecule has 0 aromatic heterocycles. The standard InChI is InChI=1S/C15H20BrCl2N/c1-11-4-6-15(10-17,7-5-11)19-9-12-2-3-13(16)8-14(12)18/h2-3,8,11,19H,4-7,9-10H2,1H3. The van der Waals surface area contributed by atoms with Crippen LogP contribution in [0.5, 0.6) is 0 Å². The van der Waals surface area contributed by atoms with Gasteiger partial charge >= 0.3 is 0 Å². The van der Waals surface area contributed by atoms with E-state index in [9.17, 15) is 0 Å². The van der Waals surface area contributed by atoms with Gasteiger partial charge < -0.3 is 5.32 Å². The van der Waals surface area contributed by atoms with Gasteiger partial charge in [-0.1, -0.05) is 40.5 Å². The predicted octanol–water partition coefficient (Wildman–Crippen LogP) is 5.38. The maximum Gasteiger partial charge on any atom is 0.0462 e. The minimum atomic E-state index is 0.0878. The van der Waals surface area contributed by atoms with Crippen molar-refractivity contribution in [2.24, 2.45) is 5.92 Å². The molecule has 1 aliphatic carbocycles. The van der Waals surface area contributed by atoms with Gasteiger partial charge in [0.2, 0.25) is 0 Å². The van der Waals surface area contributed by atoms with Crippen LogP contribution < -0.4 is 5.32 Å². The fraction of sp³-hybridized carbons (Fsp3) is 0.600. The van der Waals surface area contributed by atoms with Gasteiger partial charge in [-0.25, -0.2) is 0 Å². The maximum atomic E-state index is 6.26. The van der Waals surface area contributed by atoms with Crippen LogP contribution in [-0.2, 0) is 6.54 Å². The van der Waals surface area contributed by atoms with Gasteiger partial charge in [-0.05, 0) is 49.3 Å². The minimum Gasteiger partial charge on any atom is -0.306 e. The Morgan fingerprint density at radius 1 is 1.37 bits per heavy atom. The van der Waals surface area contributed by atoms with Gasteiger partial charge in [0.05, 0.1) is 0 Å². The van der Waals surface area contributed by atoms with Gasteiger partial charge in [0.1, 0.15) is 0 Å². The summed E-state index contributed by atoms with van der Waals surface area (Å²) in [6.45, 7) is 3.11. The molecule has 0 heterocycles. The average Bonchev–Trinajstić information content (AvgIpc) is 2.40. The maximum absolute atomic E-state index is 6.26. The zero-order valence-electron chi connectivity index (χ0n) is 11.2. The van der Waals surface area contributed by atoms with Gasteiger partial charge in [0, 0.05) is 27.5 Å². The average molecular weight is 365 g/mol. The van der Waals surface area contributed by atoms with Crippen LogP contribution in [0.25, 0.3) is 0 Å². The first-order chi connectivity index (χ1) is 9.04. The van der Waals surface area contributed by atoms with E-state index < -0.39 is 0 Å². The van der Waals surface area contributed by atoms with Crippen molar-refractivity contribution in [3.05, 3.63) is 33.3 Å². The molecule has 1 aromatic rings. The Labute approximate surface area is 134 Å². The van der Waals surface area contributed by atoms with E-state index >= 15 is 0 Å². The number of hydrogen-bond donors (Lipinski definition) is 1. The molecule has 1 aliphatic rings. The van der Waals surface area contributed by atoms with Crippen molar-refractivity contribution in [1.29, 1.82) is 0 Å². The van der Waals surface area contributed by atoms with Crippen LogP contribution >= 0.6 is 39.1 Å². The summed E-state index contributed by atoms with van der Waals surface area (Å²) in [5.74, 6) is 1.50. The topological polar surface area (TPSA) is 12.0 Å². The number of halogens is 3. The summed E-state index contributed by atoms with van der Waals surface area (Å²) in [7, 11) is 0. The van der Waals surface area contributed by atoms with E-state index in [-0.39, 0.29) is 5.54 Å². The molecular formula is C15H20BrCl2N. The molecule has 1 fully saturated rings. The van der Waals surface area contributed by atoms with Crippen LogP contribution in [0.1, 0.15) is 38.2 Å². The smallest absolute Gasteiger partial charge is 0.0462 e. The molecule has 1 saturated carbocycles. The number of alkyl halides is 1. The summed E-state index contributed by atoms with van der Waals surface area (Å²) in [5, 5.41) is 4.45. The molecular weight excluding hydrogens is 345 g/mol. The Morgan fingerprint density at radius 3 is 2.63 bits per heavy atom. The number of rotatable bonds is 4. The first-order valence-corrected chi connectivity index (χ1v) is 8.50. The van der Waals surface area contributed by atoms with E-state index in [0.717, 1.165) is 40.4 Å². The van der Waals surface area contributed by atoms with Crippen molar-refractivity contribution in [1.82, 2.24) is 5.32 Å². The van der Waals surface area contributed by atoms with E-state index in [0.29, 0.717) is 5.88 Å². The quantitative estimate of drug-likeness (QED) is 0.707. The summed E-state index contributed by atoms with van der Waals surface area (Å²) in [4.78, 5) is 0. The zero-order chi connectivity index (χ0) is 13.9. The largest absolute Gasteiger partial charge is 0.306 e. The lowest BCUT2D eigenvalue weighted by atomic mass is 9.78. The van der Waals surface area contributed by atoms with Crippen LogP contribution in [0.15, 0.2) is 22.7 Å². The first kappa shape index (κ1) is 15.6. The normalized spacial score (nSPS) is 27.5. The van der Waals surface area contributed by atoms with Crippen molar-refractivity contribution in [2.45, 2.75) is 44.7 Å². The first-order valence-electron chi connectivity index (χ1n) is 6.79. The molecule has 0 saturated heterocycles. The van der Waals surface area contributed by atoms with Crippen molar-refractivity contribution in [3.8, 4) is 0 Å². The molecule has 0 unspecified atom stereocenters. The molecule has 0 atom stereocenters. The highest BCUT2D eigenvalue weighted by atomic mass is 79.9. The second-order valence-corrected chi connectivity index (χ2v) is 7.28. The monoisotopic (exact) mass is 363 g/mol. The molecule has 0 spiro atoms. The van der Waals surface area contributed by atoms with Crippen molar-refractivity contribution < 1.29 is 0 Å². The molecule has 0 amide bonds. The Bertz CT molecular complexity index is 428. The summed E-state index contributed by atoms with van der Waals surface area (Å²) in [5.41, 5.74) is 1.22. The van der Waals surface area contributed by atoms with Crippen LogP contribution in [0, 0.1) is 5.92 Å². The molecule has 4 heteroatoms. The number of benzene rings is 1. The van der Waals surface area contributed by atoms with Crippen molar-refractivity contribution in [2.75, 3.05) is 5.88 Å². The number of hydrogen-bond acceptors (Lipinski definition) is 1. The van der Waals surface area contributed by atoms with E-state index in [4.69, 9.17) is 23.2 Å². The Hall–Kier alpha value is 0.240. The van der Waals surface area contributed by atoms with Gasteiger partial charge in [0.25, 0.3) is 0 Å². The fourth-order valence-corrected chi connectivity index (χ4v) is 3.72. The van der Waals surface area contributed by atoms with Crippen molar-refractivity contribution >= 4 is 39.1 Å². The lowest BCUT2D eigenvalue weighted by Crippen LogP contribution is -2.49. The molecule has 2 rings (SSSR count). The molecule has 0 bridgehead atoms. The fourth-order valence-electron chi connectivity index (χ4n) is 2.62. The van der Waals surface area contributed by atoms with Crippen LogP contribution in [-0.4, -0.2) is 11.4 Å². The van der Waals surface area contributed by atoms with Gasteiger partial charge in [0.15, 0.2) is 0 Å². The van der Waals surface area contributed by atoms with Crippen LogP contribution in [0.3, 0.4) is 0 Å². The third kappa shape index (κ3) is 4.10. The highest BCUT2D eigenvalue weighted by molar-refractivity contribution is 9.10. The number of nitrogens with one attached hydrogen (secondary N) is 1. The van der Waals surface area contributed by atoms with E-state index in [2.05, 4.69) is 34.2 Å². The highest BCUT2D eigenvalue weighted by Crippen LogP contribution is 2.33. The molecule has 0 aliphatic heterocycles. The van der Waals surface area contributed by atoms with Gasteiger partial charge in [-0.15, -0.1) is 11.6 Å². The minimum absolute atomic E-state index is 0.0878.